The molecule has 1 amide bonds. The quantitative estimate of drug-likeness (QED) is 0.553. The summed E-state index contributed by atoms with van der Waals surface area (Å²) in [6.07, 6.45) is 2.50. The molecule has 0 aliphatic carbocycles. The molecule has 3 rings (SSSR count). The van der Waals surface area contributed by atoms with Crippen LogP contribution in [0.3, 0.4) is 0 Å². The van der Waals surface area contributed by atoms with Gasteiger partial charge in [-0.1, -0.05) is 39.0 Å². The maximum atomic E-state index is 12.7. The third-order valence-electron chi connectivity index (χ3n) is 4.28. The number of carbonyl (C=O) groups is 1. The number of aromatic nitrogens is 2. The SMILES string of the molecule is CC(C)(C)c1nc(C(=O)NCCc2ccc([N+](=O)[O-])cc2)c2ccccn12. The van der Waals surface area contributed by atoms with Crippen LogP contribution in [-0.4, -0.2) is 26.8 Å². The van der Waals surface area contributed by atoms with Gasteiger partial charge in [0.15, 0.2) is 5.69 Å². The van der Waals surface area contributed by atoms with E-state index in [0.717, 1.165) is 16.9 Å². The monoisotopic (exact) mass is 366 g/mol. The van der Waals surface area contributed by atoms with Crippen molar-refractivity contribution in [3.05, 3.63) is 75.9 Å². The minimum absolute atomic E-state index is 0.0574. The van der Waals surface area contributed by atoms with E-state index in [4.69, 9.17) is 0 Å². The molecule has 0 radical (unpaired) electrons. The number of carbonyl (C=O) groups excluding carboxylic acids is 1. The van der Waals surface area contributed by atoms with Gasteiger partial charge in [-0.25, -0.2) is 4.98 Å². The highest BCUT2D eigenvalue weighted by Gasteiger charge is 2.24. The molecule has 27 heavy (non-hydrogen) atoms. The highest BCUT2D eigenvalue weighted by atomic mass is 16.6. The Bertz CT molecular complexity index is 985. The molecule has 3 aromatic rings. The van der Waals surface area contributed by atoms with Crippen LogP contribution >= 0.6 is 0 Å². The zero-order valence-electron chi connectivity index (χ0n) is 15.6. The third-order valence-corrected chi connectivity index (χ3v) is 4.28. The van der Waals surface area contributed by atoms with Gasteiger partial charge < -0.3 is 9.72 Å². The first-order chi connectivity index (χ1) is 12.8. The molecule has 0 unspecified atom stereocenters. The Morgan fingerprint density at radius 1 is 1.19 bits per heavy atom. The van der Waals surface area contributed by atoms with Gasteiger partial charge in [-0.2, -0.15) is 0 Å². The van der Waals surface area contributed by atoms with Crippen molar-refractivity contribution in [3.8, 4) is 0 Å². The lowest BCUT2D eigenvalue weighted by molar-refractivity contribution is -0.384. The van der Waals surface area contributed by atoms with Gasteiger partial charge in [-0.3, -0.25) is 14.9 Å². The Morgan fingerprint density at radius 3 is 2.52 bits per heavy atom. The Balaban J connectivity index is 1.72. The highest BCUT2D eigenvalue weighted by molar-refractivity contribution is 5.99. The van der Waals surface area contributed by atoms with Crippen LogP contribution in [0.15, 0.2) is 48.7 Å². The van der Waals surface area contributed by atoms with Gasteiger partial charge in [0, 0.05) is 30.3 Å². The molecule has 140 valence electrons. The second kappa shape index (κ2) is 7.19. The summed E-state index contributed by atoms with van der Waals surface area (Å²) in [4.78, 5) is 27.5. The van der Waals surface area contributed by atoms with Crippen LogP contribution in [0.25, 0.3) is 5.52 Å². The fourth-order valence-corrected chi connectivity index (χ4v) is 2.92. The van der Waals surface area contributed by atoms with Crippen molar-refractivity contribution >= 4 is 17.1 Å². The van der Waals surface area contributed by atoms with Crippen molar-refractivity contribution in [3.63, 3.8) is 0 Å². The number of nitro groups is 1. The molecule has 2 heterocycles. The van der Waals surface area contributed by atoms with E-state index >= 15 is 0 Å². The first-order valence-corrected chi connectivity index (χ1v) is 8.76. The second-order valence-corrected chi connectivity index (χ2v) is 7.42. The van der Waals surface area contributed by atoms with Crippen molar-refractivity contribution in [2.24, 2.45) is 0 Å². The molecular weight excluding hydrogens is 344 g/mol. The van der Waals surface area contributed by atoms with Gasteiger partial charge in [-0.15, -0.1) is 0 Å². The lowest BCUT2D eigenvalue weighted by atomic mass is 9.96. The van der Waals surface area contributed by atoms with Crippen LogP contribution < -0.4 is 5.32 Å². The Kier molecular flexibility index (Phi) is 4.94. The van der Waals surface area contributed by atoms with Gasteiger partial charge in [-0.05, 0) is 24.1 Å². The minimum atomic E-state index is -0.428. The average molecular weight is 366 g/mol. The number of nitro benzene ring substituents is 1. The summed E-state index contributed by atoms with van der Waals surface area (Å²) >= 11 is 0. The molecule has 0 saturated heterocycles. The van der Waals surface area contributed by atoms with Crippen molar-refractivity contribution in [2.75, 3.05) is 6.54 Å². The maximum absolute atomic E-state index is 12.7. The summed E-state index contributed by atoms with van der Waals surface area (Å²) < 4.78 is 1.95. The van der Waals surface area contributed by atoms with Crippen LogP contribution in [-0.2, 0) is 11.8 Å². The summed E-state index contributed by atoms with van der Waals surface area (Å²) in [6, 6.07) is 12.0. The number of hydrogen-bond acceptors (Lipinski definition) is 4. The number of fused-ring (bicyclic) bond motifs is 1. The average Bonchev–Trinajstić information content (AvgIpc) is 3.02. The first-order valence-electron chi connectivity index (χ1n) is 8.76. The molecule has 0 aliphatic rings. The fourth-order valence-electron chi connectivity index (χ4n) is 2.92. The molecule has 1 N–H and O–H groups in total. The summed E-state index contributed by atoms with van der Waals surface area (Å²) in [5.74, 6) is 0.606. The molecule has 1 aromatic carbocycles. The molecule has 0 bridgehead atoms. The molecule has 7 nitrogen and oxygen atoms in total. The molecular formula is C20H22N4O3. The predicted octanol–water partition coefficient (Wildman–Crippen LogP) is 3.51. The van der Waals surface area contributed by atoms with Crippen molar-refractivity contribution in [1.29, 1.82) is 0 Å². The first kappa shape index (κ1) is 18.6. The topological polar surface area (TPSA) is 89.5 Å². The molecule has 2 aromatic heterocycles. The number of imidazole rings is 1. The largest absolute Gasteiger partial charge is 0.350 e. The van der Waals surface area contributed by atoms with Gasteiger partial charge in [0.2, 0.25) is 0 Å². The van der Waals surface area contributed by atoms with Gasteiger partial charge in [0.05, 0.1) is 10.4 Å². The van der Waals surface area contributed by atoms with E-state index in [2.05, 4.69) is 31.1 Å². The lowest BCUT2D eigenvalue weighted by Crippen LogP contribution is -2.26. The number of pyridine rings is 1. The van der Waals surface area contributed by atoms with E-state index < -0.39 is 4.92 Å². The summed E-state index contributed by atoms with van der Waals surface area (Å²) in [5, 5.41) is 13.6. The Morgan fingerprint density at radius 2 is 1.89 bits per heavy atom. The van der Waals surface area contributed by atoms with E-state index in [1.54, 1.807) is 12.1 Å². The molecule has 0 fully saturated rings. The minimum Gasteiger partial charge on any atom is -0.350 e. The number of benzene rings is 1. The highest BCUT2D eigenvalue weighted by Crippen LogP contribution is 2.24. The van der Waals surface area contributed by atoms with Crippen molar-refractivity contribution in [2.45, 2.75) is 32.6 Å². The molecule has 7 heteroatoms. The standard InChI is InChI=1S/C20H22N4O3/c1-20(2,3)19-22-17(16-6-4-5-13-23(16)19)18(25)21-12-11-14-7-9-15(10-8-14)24(26)27/h4-10,13H,11-12H2,1-3H3,(H,21,25). The third kappa shape index (κ3) is 3.97. The number of rotatable bonds is 5. The number of nitrogens with zero attached hydrogens (tertiary/aromatic N) is 3. The smallest absolute Gasteiger partial charge is 0.272 e. The molecule has 0 aliphatic heterocycles. The zero-order valence-corrected chi connectivity index (χ0v) is 15.6. The lowest BCUT2D eigenvalue weighted by Gasteiger charge is -2.16. The van der Waals surface area contributed by atoms with E-state index in [0.29, 0.717) is 18.7 Å². The van der Waals surface area contributed by atoms with Crippen molar-refractivity contribution < 1.29 is 9.72 Å². The molecule has 0 saturated carbocycles. The number of amides is 1. The number of hydrogen-bond donors (Lipinski definition) is 1. The number of non-ortho nitro benzene ring substituents is 1. The zero-order chi connectivity index (χ0) is 19.6. The van der Waals surface area contributed by atoms with Crippen LogP contribution in [0.4, 0.5) is 5.69 Å². The van der Waals surface area contributed by atoms with Crippen molar-refractivity contribution in [1.82, 2.24) is 14.7 Å². The van der Waals surface area contributed by atoms with Crippen LogP contribution in [0.1, 0.15) is 42.6 Å². The second-order valence-electron chi connectivity index (χ2n) is 7.42. The number of nitrogens with one attached hydrogen (secondary N) is 1. The van der Waals surface area contributed by atoms with E-state index in [9.17, 15) is 14.9 Å². The Hall–Kier alpha value is -3.22. The van der Waals surface area contributed by atoms with E-state index in [-0.39, 0.29) is 17.0 Å². The van der Waals surface area contributed by atoms with Gasteiger partial charge in [0.1, 0.15) is 5.82 Å². The normalized spacial score (nSPS) is 11.5. The maximum Gasteiger partial charge on any atom is 0.272 e. The molecule has 0 spiro atoms. The van der Waals surface area contributed by atoms with E-state index in [1.165, 1.54) is 12.1 Å². The predicted molar refractivity (Wildman–Crippen MR) is 103 cm³/mol. The summed E-state index contributed by atoms with van der Waals surface area (Å²) in [6.45, 7) is 6.61. The van der Waals surface area contributed by atoms with E-state index in [1.807, 2.05) is 28.8 Å². The van der Waals surface area contributed by atoms with Gasteiger partial charge >= 0.3 is 0 Å². The van der Waals surface area contributed by atoms with Gasteiger partial charge in [0.25, 0.3) is 11.6 Å². The molecule has 0 atom stereocenters. The van der Waals surface area contributed by atoms with Crippen LogP contribution in [0, 0.1) is 10.1 Å². The summed E-state index contributed by atoms with van der Waals surface area (Å²) in [7, 11) is 0. The van der Waals surface area contributed by atoms with Crippen LogP contribution in [0.5, 0.6) is 0 Å². The fraction of sp³-hybridized carbons (Fsp3) is 0.300. The summed E-state index contributed by atoms with van der Waals surface area (Å²) in [5.41, 5.74) is 1.97. The Labute approximate surface area is 157 Å². The van der Waals surface area contributed by atoms with Crippen LogP contribution in [0.2, 0.25) is 0 Å².